The molecule has 0 fully saturated rings. The van der Waals surface area contributed by atoms with Crippen molar-refractivity contribution >= 4 is 22.6 Å². The Morgan fingerprint density at radius 1 is 1.38 bits per heavy atom. The van der Waals surface area contributed by atoms with Gasteiger partial charge in [0.1, 0.15) is 17.3 Å². The molecular weight excluding hydrogens is 411 g/mol. The van der Waals surface area contributed by atoms with Crippen molar-refractivity contribution in [2.75, 3.05) is 12.0 Å². The van der Waals surface area contributed by atoms with Gasteiger partial charge in [-0.15, -0.1) is 13.2 Å². The van der Waals surface area contributed by atoms with E-state index in [1.54, 1.807) is 24.3 Å². The molecule has 7 nitrogen and oxygen atoms in total. The van der Waals surface area contributed by atoms with Gasteiger partial charge in [-0.1, -0.05) is 12.1 Å². The molecule has 3 rings (SSSR count). The van der Waals surface area contributed by atoms with Gasteiger partial charge in [-0.05, 0) is 25.1 Å². The molecule has 3 aromatic rings. The zero-order valence-corrected chi connectivity index (χ0v) is 16.1. The molecule has 11 heteroatoms. The number of halogens is 3. The Labute approximate surface area is 167 Å². The number of methoxy groups -OCH3 is 1. The quantitative estimate of drug-likeness (QED) is 0.601. The third-order valence-corrected chi connectivity index (χ3v) is 4.55. The summed E-state index contributed by atoms with van der Waals surface area (Å²) < 4.78 is 55.3. The van der Waals surface area contributed by atoms with E-state index in [9.17, 15) is 23.1 Å². The fourth-order valence-electron chi connectivity index (χ4n) is 2.58. The summed E-state index contributed by atoms with van der Waals surface area (Å²) in [5, 5.41) is 8.73. The lowest BCUT2D eigenvalue weighted by Gasteiger charge is -2.21. The maximum absolute atomic E-state index is 13.7. The first-order valence-electron chi connectivity index (χ1n) is 8.34. The van der Waals surface area contributed by atoms with Gasteiger partial charge < -0.3 is 14.3 Å². The average Bonchev–Trinajstić information content (AvgIpc) is 3.30. The molecule has 0 aliphatic heterocycles. The largest absolute Gasteiger partial charge is 0.497 e. The van der Waals surface area contributed by atoms with Crippen molar-refractivity contribution in [3.8, 4) is 17.1 Å². The van der Waals surface area contributed by atoms with E-state index in [0.29, 0.717) is 22.8 Å². The standard InChI is InChI=1S/C18H16F3N3O4S/c1-10(25)8-14-22-17(29-23-14)24(18(19,20)21)16(26)13-6-7-28-15(13)11-4-3-5-12(9-11)27-2/h3-7,9-10,25H,8H2,1-2H3. The zero-order chi connectivity index (χ0) is 21.2. The summed E-state index contributed by atoms with van der Waals surface area (Å²) in [6, 6.07) is 7.56. The zero-order valence-electron chi connectivity index (χ0n) is 15.3. The van der Waals surface area contributed by atoms with Crippen LogP contribution in [0.1, 0.15) is 23.1 Å². The molecule has 2 aromatic heterocycles. The Morgan fingerprint density at radius 2 is 2.14 bits per heavy atom. The number of carbonyl (C=O) groups is 1. The second kappa shape index (κ2) is 8.21. The molecular formula is C18H16F3N3O4S. The van der Waals surface area contributed by atoms with E-state index in [0.717, 1.165) is 12.3 Å². The molecule has 0 spiro atoms. The highest BCUT2D eigenvalue weighted by Gasteiger charge is 2.45. The SMILES string of the molecule is COc1cccc(-c2occc2C(=O)N(c2nc(CC(C)O)ns2)C(F)(F)F)c1. The third-order valence-electron chi connectivity index (χ3n) is 3.81. The Morgan fingerprint density at radius 3 is 2.79 bits per heavy atom. The monoisotopic (exact) mass is 427 g/mol. The van der Waals surface area contributed by atoms with E-state index < -0.39 is 23.4 Å². The van der Waals surface area contributed by atoms with Crippen molar-refractivity contribution < 1.29 is 32.2 Å². The van der Waals surface area contributed by atoms with Crippen molar-refractivity contribution in [1.82, 2.24) is 9.36 Å². The fraction of sp³-hybridized carbons (Fsp3) is 0.278. The minimum absolute atomic E-state index is 0.0160. The summed E-state index contributed by atoms with van der Waals surface area (Å²) in [7, 11) is 1.44. The molecule has 0 radical (unpaired) electrons. The van der Waals surface area contributed by atoms with Crippen LogP contribution in [0.5, 0.6) is 5.75 Å². The van der Waals surface area contributed by atoms with Gasteiger partial charge in [-0.25, -0.2) is 4.98 Å². The predicted molar refractivity (Wildman–Crippen MR) is 98.9 cm³/mol. The first-order valence-corrected chi connectivity index (χ1v) is 9.12. The molecule has 154 valence electrons. The van der Waals surface area contributed by atoms with Crippen LogP contribution in [0.25, 0.3) is 11.3 Å². The van der Waals surface area contributed by atoms with Gasteiger partial charge in [0.15, 0.2) is 0 Å². The van der Waals surface area contributed by atoms with Crippen LogP contribution < -0.4 is 9.64 Å². The molecule has 1 atom stereocenters. The van der Waals surface area contributed by atoms with E-state index in [-0.39, 0.29) is 28.5 Å². The number of aliphatic hydroxyl groups excluding tert-OH is 1. The van der Waals surface area contributed by atoms with Gasteiger partial charge in [0.05, 0.1) is 25.0 Å². The van der Waals surface area contributed by atoms with Gasteiger partial charge in [-0.3, -0.25) is 4.79 Å². The smallest absolute Gasteiger partial charge is 0.493 e. The van der Waals surface area contributed by atoms with E-state index in [1.807, 2.05) is 0 Å². The molecule has 0 saturated heterocycles. The lowest BCUT2D eigenvalue weighted by molar-refractivity contribution is -0.122. The number of ether oxygens (including phenoxy) is 1. The van der Waals surface area contributed by atoms with Gasteiger partial charge in [-0.2, -0.15) is 9.27 Å². The summed E-state index contributed by atoms with van der Waals surface area (Å²) in [5.41, 5.74) is 0.0923. The molecule has 0 aliphatic rings. The number of carbonyl (C=O) groups excluding carboxylic acids is 1. The Hall–Kier alpha value is -2.92. The Balaban J connectivity index is 2.00. The number of furan rings is 1. The molecule has 29 heavy (non-hydrogen) atoms. The number of hydrogen-bond donors (Lipinski definition) is 1. The van der Waals surface area contributed by atoms with Gasteiger partial charge in [0.2, 0.25) is 5.13 Å². The van der Waals surface area contributed by atoms with Crippen LogP contribution in [-0.2, 0) is 6.42 Å². The summed E-state index contributed by atoms with van der Waals surface area (Å²) >= 11 is 0.422. The van der Waals surface area contributed by atoms with Crippen LogP contribution in [0.15, 0.2) is 41.0 Å². The van der Waals surface area contributed by atoms with Crippen molar-refractivity contribution in [3.05, 3.63) is 48.0 Å². The van der Waals surface area contributed by atoms with Crippen LogP contribution in [0.3, 0.4) is 0 Å². The average molecular weight is 427 g/mol. The van der Waals surface area contributed by atoms with Crippen LogP contribution in [-0.4, -0.2) is 39.9 Å². The molecule has 0 bridgehead atoms. The van der Waals surface area contributed by atoms with Crippen LogP contribution in [0.2, 0.25) is 0 Å². The second-order valence-corrected chi connectivity index (χ2v) is 6.78. The number of nitrogens with zero attached hydrogens (tertiary/aromatic N) is 3. The number of benzene rings is 1. The van der Waals surface area contributed by atoms with Crippen molar-refractivity contribution in [1.29, 1.82) is 0 Å². The lowest BCUT2D eigenvalue weighted by atomic mass is 10.1. The third kappa shape index (κ3) is 4.57. The van der Waals surface area contributed by atoms with Gasteiger partial charge in [0.25, 0.3) is 5.91 Å². The maximum atomic E-state index is 13.7. The van der Waals surface area contributed by atoms with E-state index in [4.69, 9.17) is 9.15 Å². The lowest BCUT2D eigenvalue weighted by Crippen LogP contribution is -2.43. The molecule has 0 aliphatic carbocycles. The highest BCUT2D eigenvalue weighted by atomic mass is 32.1. The highest BCUT2D eigenvalue weighted by Crippen LogP contribution is 2.35. The first-order chi connectivity index (χ1) is 13.7. The normalized spacial score (nSPS) is 12.6. The highest BCUT2D eigenvalue weighted by molar-refractivity contribution is 7.10. The fourth-order valence-corrected chi connectivity index (χ4v) is 3.30. The van der Waals surface area contributed by atoms with E-state index >= 15 is 0 Å². The van der Waals surface area contributed by atoms with Crippen molar-refractivity contribution in [3.63, 3.8) is 0 Å². The molecule has 1 unspecified atom stereocenters. The second-order valence-electron chi connectivity index (χ2n) is 6.05. The van der Waals surface area contributed by atoms with Gasteiger partial charge in [0, 0.05) is 23.5 Å². The summed E-state index contributed by atoms with van der Waals surface area (Å²) in [6.45, 7) is 1.46. The van der Waals surface area contributed by atoms with E-state index in [1.165, 1.54) is 14.0 Å². The number of aromatic nitrogens is 2. The van der Waals surface area contributed by atoms with Gasteiger partial charge >= 0.3 is 6.30 Å². The summed E-state index contributed by atoms with van der Waals surface area (Å²) in [4.78, 5) is 16.2. The number of anilines is 1. The van der Waals surface area contributed by atoms with Crippen molar-refractivity contribution in [2.45, 2.75) is 25.7 Å². The van der Waals surface area contributed by atoms with E-state index in [2.05, 4.69) is 9.36 Å². The minimum Gasteiger partial charge on any atom is -0.497 e. The number of hydrogen-bond acceptors (Lipinski definition) is 7. The Kier molecular flexibility index (Phi) is 5.89. The number of amides is 1. The molecule has 1 amide bonds. The van der Waals surface area contributed by atoms with Crippen LogP contribution in [0.4, 0.5) is 18.3 Å². The molecule has 0 saturated carbocycles. The molecule has 2 heterocycles. The predicted octanol–water partition coefficient (Wildman–Crippen LogP) is 3.90. The number of aliphatic hydroxyl groups is 1. The number of rotatable bonds is 6. The summed E-state index contributed by atoms with van der Waals surface area (Å²) in [6.07, 6.45) is -4.77. The Bertz CT molecular complexity index is 1000. The maximum Gasteiger partial charge on any atom is 0.493 e. The van der Waals surface area contributed by atoms with Crippen LogP contribution in [0, 0.1) is 0 Å². The minimum atomic E-state index is -5.04. The van der Waals surface area contributed by atoms with Crippen LogP contribution >= 0.6 is 11.5 Å². The topological polar surface area (TPSA) is 88.7 Å². The summed E-state index contributed by atoms with van der Waals surface area (Å²) in [5.74, 6) is -0.917. The molecule has 1 aromatic carbocycles. The first kappa shape index (κ1) is 20.8. The number of alkyl halides is 3. The van der Waals surface area contributed by atoms with Crippen molar-refractivity contribution in [2.24, 2.45) is 0 Å². The molecule has 1 N–H and O–H groups in total.